The molecule has 0 unspecified atom stereocenters. The van der Waals surface area contributed by atoms with Crippen molar-refractivity contribution in [3.8, 4) is 0 Å². The Labute approximate surface area is 184 Å². The Balaban J connectivity index is 1.66. The fourth-order valence-corrected chi connectivity index (χ4v) is 3.58. The maximum absolute atomic E-state index is 12.4. The molecule has 0 bridgehead atoms. The van der Waals surface area contributed by atoms with E-state index in [1.54, 1.807) is 36.5 Å². The first-order valence-corrected chi connectivity index (χ1v) is 10.5. The van der Waals surface area contributed by atoms with E-state index in [2.05, 4.69) is 15.8 Å². The average Bonchev–Trinajstić information content (AvgIpc) is 3.27. The van der Waals surface area contributed by atoms with E-state index >= 15 is 0 Å². The van der Waals surface area contributed by atoms with Crippen molar-refractivity contribution in [2.24, 2.45) is 10.8 Å². The molecule has 3 rings (SSSR count). The van der Waals surface area contributed by atoms with Gasteiger partial charge in [-0.15, -0.1) is 11.3 Å². The molecule has 0 saturated heterocycles. The Hall–Kier alpha value is -3.78. The number of hydrazone groups is 1. The van der Waals surface area contributed by atoms with Crippen LogP contribution in [0.15, 0.2) is 65.1 Å². The Kier molecular flexibility index (Phi) is 6.94. The molecule has 7 nitrogen and oxygen atoms in total. The number of aryl methyl sites for hydroxylation is 1. The number of hydrogen-bond donors (Lipinski definition) is 3. The van der Waals surface area contributed by atoms with E-state index in [9.17, 15) is 14.4 Å². The summed E-state index contributed by atoms with van der Waals surface area (Å²) in [7, 11) is 0. The lowest BCUT2D eigenvalue weighted by molar-refractivity contribution is 0.0951. The van der Waals surface area contributed by atoms with Crippen LogP contribution in [0.3, 0.4) is 0 Å². The van der Waals surface area contributed by atoms with Gasteiger partial charge in [-0.25, -0.2) is 5.43 Å². The van der Waals surface area contributed by atoms with E-state index in [0.29, 0.717) is 28.1 Å². The van der Waals surface area contributed by atoms with E-state index in [-0.39, 0.29) is 5.91 Å². The molecule has 31 heavy (non-hydrogen) atoms. The van der Waals surface area contributed by atoms with Crippen LogP contribution in [-0.4, -0.2) is 23.4 Å². The van der Waals surface area contributed by atoms with Gasteiger partial charge < -0.3 is 11.1 Å². The van der Waals surface area contributed by atoms with Crippen LogP contribution in [0.5, 0.6) is 0 Å². The molecule has 0 aliphatic rings. The Morgan fingerprint density at radius 1 is 0.935 bits per heavy atom. The predicted molar refractivity (Wildman–Crippen MR) is 123 cm³/mol. The fourth-order valence-electron chi connectivity index (χ4n) is 2.76. The van der Waals surface area contributed by atoms with Gasteiger partial charge in [0.1, 0.15) is 0 Å². The van der Waals surface area contributed by atoms with Gasteiger partial charge in [0.25, 0.3) is 11.8 Å². The molecule has 3 amide bonds. The van der Waals surface area contributed by atoms with Gasteiger partial charge in [0.2, 0.25) is 5.91 Å². The van der Waals surface area contributed by atoms with Gasteiger partial charge in [-0.2, -0.15) is 5.10 Å². The van der Waals surface area contributed by atoms with Gasteiger partial charge in [0, 0.05) is 27.1 Å². The Morgan fingerprint density at radius 3 is 2.29 bits per heavy atom. The summed E-state index contributed by atoms with van der Waals surface area (Å²) in [6.45, 7) is 3.80. The lowest BCUT2D eigenvalue weighted by Crippen LogP contribution is -2.20. The monoisotopic (exact) mass is 434 g/mol. The summed E-state index contributed by atoms with van der Waals surface area (Å²) in [4.78, 5) is 37.0. The van der Waals surface area contributed by atoms with Crippen molar-refractivity contribution in [3.05, 3.63) is 87.1 Å². The van der Waals surface area contributed by atoms with Crippen LogP contribution in [0.25, 0.3) is 0 Å². The van der Waals surface area contributed by atoms with Crippen LogP contribution in [0.1, 0.15) is 55.4 Å². The highest BCUT2D eigenvalue weighted by molar-refractivity contribution is 7.10. The summed E-state index contributed by atoms with van der Waals surface area (Å²) in [5.74, 6) is -1.14. The second kappa shape index (κ2) is 9.82. The maximum atomic E-state index is 12.4. The third kappa shape index (κ3) is 5.64. The number of amides is 3. The van der Waals surface area contributed by atoms with Crippen molar-refractivity contribution >= 4 is 40.5 Å². The molecule has 4 N–H and O–H groups in total. The first kappa shape index (κ1) is 21.9. The predicted octanol–water partition coefficient (Wildman–Crippen LogP) is 3.82. The molecule has 0 fully saturated rings. The van der Waals surface area contributed by atoms with Crippen LogP contribution in [-0.2, 0) is 6.42 Å². The highest BCUT2D eigenvalue weighted by atomic mass is 32.1. The van der Waals surface area contributed by atoms with E-state index in [4.69, 9.17) is 5.73 Å². The van der Waals surface area contributed by atoms with Crippen LogP contribution in [0, 0.1) is 0 Å². The molecule has 0 radical (unpaired) electrons. The van der Waals surface area contributed by atoms with Crippen molar-refractivity contribution in [1.29, 1.82) is 0 Å². The molecule has 0 atom stereocenters. The zero-order valence-electron chi connectivity index (χ0n) is 17.1. The zero-order valence-corrected chi connectivity index (χ0v) is 18.0. The van der Waals surface area contributed by atoms with Crippen molar-refractivity contribution in [2.75, 3.05) is 5.32 Å². The number of carbonyl (C=O) groups is 3. The molecule has 3 aromatic rings. The third-order valence-electron chi connectivity index (χ3n) is 4.56. The van der Waals surface area contributed by atoms with E-state index < -0.39 is 11.8 Å². The topological polar surface area (TPSA) is 114 Å². The van der Waals surface area contributed by atoms with Crippen molar-refractivity contribution < 1.29 is 14.4 Å². The smallest absolute Gasteiger partial charge is 0.271 e. The summed E-state index contributed by atoms with van der Waals surface area (Å²) in [5, 5.41) is 8.86. The second-order valence-corrected chi connectivity index (χ2v) is 7.77. The standard InChI is InChI=1S/C23H22N4O3S/c1-3-20-12-18(13-31-20)22(29)25-19-6-4-5-17(11-19)14(2)26-27-23(30)16-9-7-15(8-10-16)21(24)28/h4-13H,3H2,1-2H3,(H2,24,28)(H,25,29)(H,27,30). The van der Waals surface area contributed by atoms with Gasteiger partial charge >= 0.3 is 0 Å². The van der Waals surface area contributed by atoms with E-state index in [1.807, 2.05) is 24.4 Å². The normalized spacial score (nSPS) is 11.1. The molecule has 0 aliphatic carbocycles. The third-order valence-corrected chi connectivity index (χ3v) is 5.64. The summed E-state index contributed by atoms with van der Waals surface area (Å²) in [5.41, 5.74) is 10.9. The number of primary amides is 1. The van der Waals surface area contributed by atoms with Crippen LogP contribution in [0.2, 0.25) is 0 Å². The molecule has 0 aliphatic heterocycles. The minimum absolute atomic E-state index is 0.171. The Bertz CT molecular complexity index is 1150. The molecule has 1 aromatic heterocycles. The van der Waals surface area contributed by atoms with Gasteiger partial charge in [-0.1, -0.05) is 19.1 Å². The number of anilines is 1. The lowest BCUT2D eigenvalue weighted by Gasteiger charge is -2.07. The fraction of sp³-hybridized carbons (Fsp3) is 0.130. The largest absolute Gasteiger partial charge is 0.366 e. The molecule has 2 aromatic carbocycles. The Morgan fingerprint density at radius 2 is 1.65 bits per heavy atom. The molecule has 0 saturated carbocycles. The first-order chi connectivity index (χ1) is 14.9. The highest BCUT2D eigenvalue weighted by Crippen LogP contribution is 2.18. The SMILES string of the molecule is CCc1cc(C(=O)Nc2cccc(C(C)=NNC(=O)c3ccc(C(N)=O)cc3)c2)cs1. The summed E-state index contributed by atoms with van der Waals surface area (Å²) < 4.78 is 0. The number of nitrogens with zero attached hydrogens (tertiary/aromatic N) is 1. The summed E-state index contributed by atoms with van der Waals surface area (Å²) >= 11 is 1.56. The zero-order chi connectivity index (χ0) is 22.4. The van der Waals surface area contributed by atoms with Crippen molar-refractivity contribution in [3.63, 3.8) is 0 Å². The number of benzene rings is 2. The summed E-state index contributed by atoms with van der Waals surface area (Å²) in [6.07, 6.45) is 0.893. The van der Waals surface area contributed by atoms with Gasteiger partial charge in [0.15, 0.2) is 0 Å². The maximum Gasteiger partial charge on any atom is 0.271 e. The molecule has 8 heteroatoms. The number of carbonyl (C=O) groups excluding carboxylic acids is 3. The van der Waals surface area contributed by atoms with Crippen LogP contribution < -0.4 is 16.5 Å². The van der Waals surface area contributed by atoms with Gasteiger partial charge in [-0.3, -0.25) is 14.4 Å². The van der Waals surface area contributed by atoms with Gasteiger partial charge in [0.05, 0.1) is 11.3 Å². The van der Waals surface area contributed by atoms with E-state index in [1.165, 1.54) is 24.3 Å². The summed E-state index contributed by atoms with van der Waals surface area (Å²) in [6, 6.07) is 15.1. The van der Waals surface area contributed by atoms with Crippen LogP contribution in [0.4, 0.5) is 5.69 Å². The van der Waals surface area contributed by atoms with Crippen molar-refractivity contribution in [2.45, 2.75) is 20.3 Å². The molecule has 158 valence electrons. The quantitative estimate of drug-likeness (QED) is 0.388. The number of hydrogen-bond acceptors (Lipinski definition) is 5. The number of nitrogens with two attached hydrogens (primary N) is 1. The molecule has 0 spiro atoms. The average molecular weight is 435 g/mol. The minimum Gasteiger partial charge on any atom is -0.366 e. The first-order valence-electron chi connectivity index (χ1n) is 9.61. The molecular formula is C23H22N4O3S. The molecule has 1 heterocycles. The second-order valence-electron chi connectivity index (χ2n) is 6.77. The highest BCUT2D eigenvalue weighted by Gasteiger charge is 2.10. The lowest BCUT2D eigenvalue weighted by atomic mass is 10.1. The van der Waals surface area contributed by atoms with E-state index in [0.717, 1.165) is 16.9 Å². The van der Waals surface area contributed by atoms with Crippen LogP contribution >= 0.6 is 11.3 Å². The van der Waals surface area contributed by atoms with Crippen molar-refractivity contribution in [1.82, 2.24) is 5.43 Å². The minimum atomic E-state index is -0.558. The van der Waals surface area contributed by atoms with Gasteiger partial charge in [-0.05, 0) is 61.4 Å². The number of rotatable bonds is 7. The molecular weight excluding hydrogens is 412 g/mol. The number of nitrogens with one attached hydrogen (secondary N) is 2. The number of thiophene rings is 1.